The van der Waals surface area contributed by atoms with Crippen LogP contribution in [0, 0.1) is 25.2 Å². The standard InChI is InChI=1S/C34H34N2/c1-22-16-17-25(24-12-9-8-10-13-24)19-30(22)36(33(3,4)5)31-20-27-29(18-23(31)2)34(6,7)28-15-11-14-26(21-35)32(27)28/h8-20H,1-7H3. The summed E-state index contributed by atoms with van der Waals surface area (Å²) in [6.45, 7) is 15.8. The van der Waals surface area contributed by atoms with Gasteiger partial charge in [-0.25, -0.2) is 0 Å². The third kappa shape index (κ3) is 3.71. The number of benzene rings is 4. The van der Waals surface area contributed by atoms with Crippen molar-refractivity contribution in [3.05, 3.63) is 107 Å². The van der Waals surface area contributed by atoms with Crippen molar-refractivity contribution in [1.29, 1.82) is 5.26 Å². The average molecular weight is 471 g/mol. The van der Waals surface area contributed by atoms with Crippen LogP contribution in [0.2, 0.25) is 0 Å². The minimum absolute atomic E-state index is 0.142. The molecule has 2 nitrogen and oxygen atoms in total. The number of hydrogen-bond acceptors (Lipinski definition) is 2. The molecule has 0 unspecified atom stereocenters. The highest BCUT2D eigenvalue weighted by Crippen LogP contribution is 2.52. The molecule has 180 valence electrons. The first kappa shape index (κ1) is 23.9. The number of nitrogens with zero attached hydrogens (tertiary/aromatic N) is 2. The fraction of sp³-hybridized carbons (Fsp3) is 0.265. The Morgan fingerprint density at radius 3 is 2.08 bits per heavy atom. The lowest BCUT2D eigenvalue weighted by Gasteiger charge is -2.40. The molecule has 36 heavy (non-hydrogen) atoms. The molecule has 0 atom stereocenters. The lowest BCUT2D eigenvalue weighted by molar-refractivity contribution is 0.558. The van der Waals surface area contributed by atoms with E-state index in [2.05, 4.69) is 126 Å². The predicted molar refractivity (Wildman–Crippen MR) is 152 cm³/mol. The first-order chi connectivity index (χ1) is 17.0. The molecular formula is C34H34N2. The molecule has 2 heteroatoms. The van der Waals surface area contributed by atoms with Gasteiger partial charge in [-0.3, -0.25) is 0 Å². The van der Waals surface area contributed by atoms with E-state index in [1.165, 1.54) is 50.3 Å². The van der Waals surface area contributed by atoms with Crippen molar-refractivity contribution < 1.29 is 0 Å². The van der Waals surface area contributed by atoms with Gasteiger partial charge in [0.1, 0.15) is 0 Å². The largest absolute Gasteiger partial charge is 0.336 e. The van der Waals surface area contributed by atoms with Gasteiger partial charge >= 0.3 is 0 Å². The number of aryl methyl sites for hydroxylation is 2. The van der Waals surface area contributed by atoms with Gasteiger partial charge in [-0.2, -0.15) is 5.26 Å². The Hall–Kier alpha value is -3.83. The Balaban J connectivity index is 1.76. The van der Waals surface area contributed by atoms with Crippen LogP contribution in [0.1, 0.15) is 62.4 Å². The Bertz CT molecular complexity index is 1510. The van der Waals surface area contributed by atoms with Crippen LogP contribution in [0.5, 0.6) is 0 Å². The van der Waals surface area contributed by atoms with Gasteiger partial charge in [-0.05, 0) is 91.8 Å². The molecule has 4 aromatic rings. The van der Waals surface area contributed by atoms with Crippen molar-refractivity contribution in [3.63, 3.8) is 0 Å². The highest BCUT2D eigenvalue weighted by atomic mass is 15.2. The van der Waals surface area contributed by atoms with Gasteiger partial charge < -0.3 is 4.90 Å². The van der Waals surface area contributed by atoms with E-state index in [0.29, 0.717) is 0 Å². The Morgan fingerprint density at radius 1 is 0.722 bits per heavy atom. The van der Waals surface area contributed by atoms with Crippen LogP contribution < -0.4 is 4.90 Å². The van der Waals surface area contributed by atoms with Gasteiger partial charge in [0.25, 0.3) is 0 Å². The summed E-state index contributed by atoms with van der Waals surface area (Å²) >= 11 is 0. The second-order valence-corrected chi connectivity index (χ2v) is 11.5. The van der Waals surface area contributed by atoms with E-state index in [1.54, 1.807) is 0 Å². The molecule has 0 aromatic heterocycles. The summed E-state index contributed by atoms with van der Waals surface area (Å²) in [5.74, 6) is 0. The van der Waals surface area contributed by atoms with E-state index in [4.69, 9.17) is 0 Å². The monoisotopic (exact) mass is 470 g/mol. The lowest BCUT2D eigenvalue weighted by atomic mass is 9.81. The van der Waals surface area contributed by atoms with Gasteiger partial charge in [0.15, 0.2) is 0 Å². The van der Waals surface area contributed by atoms with Crippen molar-refractivity contribution in [2.24, 2.45) is 0 Å². The van der Waals surface area contributed by atoms with Crippen molar-refractivity contribution in [1.82, 2.24) is 0 Å². The number of hydrogen-bond donors (Lipinski definition) is 0. The zero-order valence-electron chi connectivity index (χ0n) is 22.4. The molecule has 0 saturated carbocycles. The first-order valence-electron chi connectivity index (χ1n) is 12.7. The van der Waals surface area contributed by atoms with Crippen LogP contribution in [0.3, 0.4) is 0 Å². The van der Waals surface area contributed by atoms with Crippen LogP contribution in [0.15, 0.2) is 78.9 Å². The quantitative estimate of drug-likeness (QED) is 0.298. The summed E-state index contributed by atoms with van der Waals surface area (Å²) in [6, 6.07) is 30.6. The Morgan fingerprint density at radius 2 is 1.42 bits per heavy atom. The number of fused-ring (bicyclic) bond motifs is 3. The van der Waals surface area contributed by atoms with Crippen molar-refractivity contribution in [2.75, 3.05) is 4.90 Å². The van der Waals surface area contributed by atoms with Crippen LogP contribution >= 0.6 is 0 Å². The lowest BCUT2D eigenvalue weighted by Crippen LogP contribution is -2.38. The third-order valence-electron chi connectivity index (χ3n) is 7.61. The molecular weight excluding hydrogens is 436 g/mol. The molecule has 0 fully saturated rings. The van der Waals surface area contributed by atoms with E-state index < -0.39 is 0 Å². The molecule has 0 N–H and O–H groups in total. The van der Waals surface area contributed by atoms with Crippen LogP contribution in [-0.2, 0) is 5.41 Å². The number of anilines is 2. The average Bonchev–Trinajstić information content (AvgIpc) is 3.06. The molecule has 4 aromatic carbocycles. The second-order valence-electron chi connectivity index (χ2n) is 11.5. The molecule has 0 aliphatic heterocycles. The normalized spacial score (nSPS) is 13.6. The van der Waals surface area contributed by atoms with Crippen molar-refractivity contribution in [3.8, 4) is 28.3 Å². The second kappa shape index (κ2) is 8.38. The van der Waals surface area contributed by atoms with Crippen LogP contribution in [0.4, 0.5) is 11.4 Å². The highest BCUT2D eigenvalue weighted by Gasteiger charge is 2.38. The third-order valence-corrected chi connectivity index (χ3v) is 7.61. The topological polar surface area (TPSA) is 27.0 Å². The summed E-state index contributed by atoms with van der Waals surface area (Å²) in [4.78, 5) is 2.48. The molecule has 0 spiro atoms. The van der Waals surface area contributed by atoms with Gasteiger partial charge in [-0.1, -0.05) is 74.5 Å². The Labute approximate surface area is 215 Å². The smallest absolute Gasteiger partial charge is 0.0998 e. The molecule has 0 heterocycles. The van der Waals surface area contributed by atoms with Gasteiger partial charge in [0.05, 0.1) is 11.6 Å². The predicted octanol–water partition coefficient (Wildman–Crippen LogP) is 9.09. The fourth-order valence-corrected chi connectivity index (χ4v) is 5.78. The van der Waals surface area contributed by atoms with Gasteiger partial charge in [0, 0.05) is 27.9 Å². The SMILES string of the molecule is Cc1ccc(-c2ccccc2)cc1N(c1cc2c(cc1C)C(C)(C)c1cccc(C#N)c1-2)C(C)(C)C. The van der Waals surface area contributed by atoms with E-state index in [9.17, 15) is 5.26 Å². The maximum absolute atomic E-state index is 9.95. The van der Waals surface area contributed by atoms with Crippen molar-refractivity contribution >= 4 is 11.4 Å². The molecule has 1 aliphatic rings. The van der Waals surface area contributed by atoms with Gasteiger partial charge in [0.2, 0.25) is 0 Å². The molecule has 1 aliphatic carbocycles. The molecule has 0 bridgehead atoms. The molecule has 0 amide bonds. The summed E-state index contributed by atoms with van der Waals surface area (Å²) in [6.07, 6.45) is 0. The van der Waals surface area contributed by atoms with Crippen LogP contribution in [0.25, 0.3) is 22.3 Å². The van der Waals surface area contributed by atoms with Crippen molar-refractivity contribution in [2.45, 2.75) is 59.4 Å². The zero-order chi connectivity index (χ0) is 25.8. The zero-order valence-corrected chi connectivity index (χ0v) is 22.4. The summed E-state index contributed by atoms with van der Waals surface area (Å²) < 4.78 is 0. The maximum Gasteiger partial charge on any atom is 0.0998 e. The first-order valence-corrected chi connectivity index (χ1v) is 12.7. The maximum atomic E-state index is 9.95. The van der Waals surface area contributed by atoms with E-state index in [0.717, 1.165) is 11.1 Å². The van der Waals surface area contributed by atoms with E-state index >= 15 is 0 Å². The minimum atomic E-state index is -0.162. The summed E-state index contributed by atoms with van der Waals surface area (Å²) in [5.41, 5.74) is 12.5. The van der Waals surface area contributed by atoms with E-state index in [1.807, 2.05) is 12.1 Å². The summed E-state index contributed by atoms with van der Waals surface area (Å²) in [7, 11) is 0. The van der Waals surface area contributed by atoms with E-state index in [-0.39, 0.29) is 11.0 Å². The van der Waals surface area contributed by atoms with Crippen LogP contribution in [-0.4, -0.2) is 5.54 Å². The minimum Gasteiger partial charge on any atom is -0.336 e. The molecule has 5 rings (SSSR count). The molecule has 0 radical (unpaired) electrons. The highest BCUT2D eigenvalue weighted by molar-refractivity contribution is 5.89. The summed E-state index contributed by atoms with van der Waals surface area (Å²) in [5, 5.41) is 9.95. The molecule has 0 saturated heterocycles. The number of rotatable bonds is 3. The number of nitriles is 1. The fourth-order valence-electron chi connectivity index (χ4n) is 5.78. The Kier molecular flexibility index (Phi) is 5.56. The van der Waals surface area contributed by atoms with Gasteiger partial charge in [-0.15, -0.1) is 0 Å².